The van der Waals surface area contributed by atoms with Crippen molar-refractivity contribution in [3.63, 3.8) is 0 Å². The van der Waals surface area contributed by atoms with E-state index in [1.54, 1.807) is 29.9 Å². The van der Waals surface area contributed by atoms with Gasteiger partial charge >= 0.3 is 5.97 Å². The van der Waals surface area contributed by atoms with Crippen molar-refractivity contribution in [1.82, 2.24) is 24.3 Å². The number of ether oxygens (including phenoxy) is 1. The van der Waals surface area contributed by atoms with Crippen LogP contribution in [0.2, 0.25) is 0 Å². The van der Waals surface area contributed by atoms with Gasteiger partial charge in [-0.25, -0.2) is 14.2 Å². The van der Waals surface area contributed by atoms with E-state index in [0.29, 0.717) is 23.2 Å². The van der Waals surface area contributed by atoms with Gasteiger partial charge in [0.1, 0.15) is 16.2 Å². The second-order valence-electron chi connectivity index (χ2n) is 7.19. The van der Waals surface area contributed by atoms with Gasteiger partial charge in [0.25, 0.3) is 0 Å². The predicted molar refractivity (Wildman–Crippen MR) is 123 cm³/mol. The molecule has 0 aliphatic carbocycles. The van der Waals surface area contributed by atoms with Gasteiger partial charge < -0.3 is 9.72 Å². The Hall–Kier alpha value is -3.79. The largest absolute Gasteiger partial charge is 0.462 e. The monoisotopic (exact) mass is 463 g/mol. The summed E-state index contributed by atoms with van der Waals surface area (Å²) in [4.78, 5) is 41.8. The molecule has 0 unspecified atom stereocenters. The standard InChI is InChI=1S/C23H18FN5O3S/c1-2-32-23(31)18-19(30)14-11-15(24)22(33-10-7-13-12-25-8-9-26-13)28-20(14)29-17-6-4-3-5-16(17)27-21(18)29/h3-6,8-9,11-12,27H,2,7,10H2,1H3. The molecule has 1 N–H and O–H groups in total. The first-order chi connectivity index (χ1) is 16.1. The number of aromatic amines is 1. The summed E-state index contributed by atoms with van der Waals surface area (Å²) in [6, 6.07) is 8.48. The van der Waals surface area contributed by atoms with E-state index in [4.69, 9.17) is 4.74 Å². The molecule has 0 aliphatic rings. The fourth-order valence-corrected chi connectivity index (χ4v) is 4.57. The molecule has 5 rings (SSSR count). The van der Waals surface area contributed by atoms with E-state index in [0.717, 1.165) is 11.8 Å². The number of aromatic nitrogens is 5. The minimum absolute atomic E-state index is 0.0103. The van der Waals surface area contributed by atoms with E-state index in [1.165, 1.54) is 11.8 Å². The molecule has 10 heteroatoms. The number of esters is 1. The van der Waals surface area contributed by atoms with Crippen LogP contribution in [0.5, 0.6) is 0 Å². The Balaban J connectivity index is 1.69. The molecule has 0 spiro atoms. The summed E-state index contributed by atoms with van der Waals surface area (Å²) in [6.07, 6.45) is 5.45. The van der Waals surface area contributed by atoms with Gasteiger partial charge in [-0.15, -0.1) is 11.8 Å². The highest BCUT2D eigenvalue weighted by Crippen LogP contribution is 2.27. The van der Waals surface area contributed by atoms with Crippen LogP contribution >= 0.6 is 11.8 Å². The zero-order valence-electron chi connectivity index (χ0n) is 17.5. The van der Waals surface area contributed by atoms with Gasteiger partial charge in [0.05, 0.1) is 28.7 Å². The van der Waals surface area contributed by atoms with Crippen LogP contribution in [0.25, 0.3) is 27.7 Å². The number of fused-ring (bicyclic) bond motifs is 5. The van der Waals surface area contributed by atoms with Crippen molar-refractivity contribution in [2.75, 3.05) is 12.4 Å². The van der Waals surface area contributed by atoms with Gasteiger partial charge in [0.15, 0.2) is 11.5 Å². The number of rotatable bonds is 6. The molecule has 0 fully saturated rings. The summed E-state index contributed by atoms with van der Waals surface area (Å²) in [5.41, 5.74) is 1.93. The first-order valence-electron chi connectivity index (χ1n) is 10.3. The molecule has 4 aromatic heterocycles. The van der Waals surface area contributed by atoms with E-state index < -0.39 is 17.2 Å². The van der Waals surface area contributed by atoms with Crippen LogP contribution in [-0.4, -0.2) is 42.7 Å². The average molecular weight is 463 g/mol. The number of halogens is 1. The van der Waals surface area contributed by atoms with Crippen LogP contribution in [0, 0.1) is 5.82 Å². The molecule has 0 aliphatic heterocycles. The van der Waals surface area contributed by atoms with Crippen molar-refractivity contribution >= 4 is 45.4 Å². The summed E-state index contributed by atoms with van der Waals surface area (Å²) < 4.78 is 21.7. The highest BCUT2D eigenvalue weighted by atomic mass is 32.2. The smallest absolute Gasteiger partial charge is 0.345 e. The number of nitrogens with one attached hydrogen (secondary N) is 1. The Bertz CT molecular complexity index is 1570. The van der Waals surface area contributed by atoms with Gasteiger partial charge in [-0.05, 0) is 25.1 Å². The van der Waals surface area contributed by atoms with E-state index in [9.17, 15) is 14.0 Å². The number of nitrogens with zero attached hydrogens (tertiary/aromatic N) is 4. The molecule has 33 heavy (non-hydrogen) atoms. The number of H-pyrrole nitrogens is 1. The highest BCUT2D eigenvalue weighted by Gasteiger charge is 2.24. The molecular formula is C23H18FN5O3S. The summed E-state index contributed by atoms with van der Waals surface area (Å²) in [5.74, 6) is -0.865. The molecule has 1 aromatic carbocycles. The van der Waals surface area contributed by atoms with Gasteiger partial charge in [-0.3, -0.25) is 19.2 Å². The predicted octanol–water partition coefficient (Wildman–Crippen LogP) is 3.77. The SMILES string of the molecule is CCOC(=O)c1c(=O)c2cc(F)c(SCCc3cnccn3)nc2n2c1[nH]c1ccccc12. The van der Waals surface area contributed by atoms with E-state index in [1.807, 2.05) is 24.3 Å². The number of carbonyl (C=O) groups is 1. The lowest BCUT2D eigenvalue weighted by molar-refractivity contribution is 0.0527. The molecule has 0 bridgehead atoms. The number of pyridine rings is 2. The third-order valence-corrected chi connectivity index (χ3v) is 6.13. The maximum absolute atomic E-state index is 15.0. The lowest BCUT2D eigenvalue weighted by Gasteiger charge is -2.10. The average Bonchev–Trinajstić information content (AvgIpc) is 3.20. The molecule has 8 nitrogen and oxygen atoms in total. The molecule has 166 valence electrons. The van der Waals surface area contributed by atoms with Gasteiger partial charge in [0, 0.05) is 30.8 Å². The quantitative estimate of drug-likeness (QED) is 0.302. The number of para-hydroxylation sites is 2. The molecule has 0 saturated heterocycles. The Labute approximate surface area is 190 Å². The Morgan fingerprint density at radius 3 is 2.91 bits per heavy atom. The number of imidazole rings is 1. The molecular weight excluding hydrogens is 445 g/mol. The minimum atomic E-state index is -0.767. The van der Waals surface area contributed by atoms with Crippen molar-refractivity contribution < 1.29 is 13.9 Å². The zero-order valence-corrected chi connectivity index (χ0v) is 18.4. The highest BCUT2D eigenvalue weighted by molar-refractivity contribution is 7.99. The summed E-state index contributed by atoms with van der Waals surface area (Å²) in [5, 5.41) is 0.171. The maximum atomic E-state index is 15.0. The number of benzene rings is 1. The first-order valence-corrected chi connectivity index (χ1v) is 11.3. The number of aryl methyl sites for hydroxylation is 1. The number of hydrogen-bond acceptors (Lipinski definition) is 7. The van der Waals surface area contributed by atoms with Gasteiger partial charge in [0.2, 0.25) is 5.43 Å². The molecule has 0 saturated carbocycles. The van der Waals surface area contributed by atoms with Crippen LogP contribution < -0.4 is 5.43 Å². The Kier molecular flexibility index (Phi) is 5.51. The second kappa shape index (κ2) is 8.62. The van der Waals surface area contributed by atoms with Crippen LogP contribution in [0.15, 0.2) is 58.7 Å². The van der Waals surface area contributed by atoms with Gasteiger partial charge in [-0.2, -0.15) is 0 Å². The van der Waals surface area contributed by atoms with Crippen LogP contribution in [0.1, 0.15) is 23.0 Å². The Morgan fingerprint density at radius 2 is 2.12 bits per heavy atom. The van der Waals surface area contributed by atoms with E-state index in [2.05, 4.69) is 19.9 Å². The van der Waals surface area contributed by atoms with E-state index in [-0.39, 0.29) is 33.9 Å². The molecule has 4 heterocycles. The van der Waals surface area contributed by atoms with Crippen molar-refractivity contribution in [2.45, 2.75) is 18.4 Å². The number of thioether (sulfide) groups is 1. The zero-order chi connectivity index (χ0) is 22.9. The second-order valence-corrected chi connectivity index (χ2v) is 8.28. The normalized spacial score (nSPS) is 11.5. The van der Waals surface area contributed by atoms with E-state index >= 15 is 0 Å². The fraction of sp³-hybridized carbons (Fsp3) is 0.174. The Morgan fingerprint density at radius 1 is 1.27 bits per heavy atom. The number of carbonyl (C=O) groups excluding carboxylic acids is 1. The lowest BCUT2D eigenvalue weighted by atomic mass is 10.2. The summed E-state index contributed by atoms with van der Waals surface area (Å²) in [6.45, 7) is 1.77. The first kappa shape index (κ1) is 21.1. The van der Waals surface area contributed by atoms with Crippen LogP contribution in [0.4, 0.5) is 4.39 Å². The van der Waals surface area contributed by atoms with Crippen molar-refractivity contribution in [1.29, 1.82) is 0 Å². The third kappa shape index (κ3) is 3.72. The molecule has 0 atom stereocenters. The van der Waals surface area contributed by atoms with Crippen molar-refractivity contribution in [3.8, 4) is 0 Å². The maximum Gasteiger partial charge on any atom is 0.345 e. The van der Waals surface area contributed by atoms with Crippen LogP contribution in [0.3, 0.4) is 0 Å². The topological polar surface area (TPSA) is 102 Å². The molecule has 0 amide bonds. The minimum Gasteiger partial charge on any atom is -0.462 e. The lowest BCUT2D eigenvalue weighted by Crippen LogP contribution is -2.21. The molecule has 5 aromatic rings. The van der Waals surface area contributed by atoms with Crippen molar-refractivity contribution in [2.24, 2.45) is 0 Å². The van der Waals surface area contributed by atoms with Crippen molar-refractivity contribution in [3.05, 3.63) is 76.2 Å². The summed E-state index contributed by atoms with van der Waals surface area (Å²) >= 11 is 1.23. The molecule has 0 radical (unpaired) electrons. The van der Waals surface area contributed by atoms with Crippen LogP contribution in [-0.2, 0) is 11.2 Å². The fourth-order valence-electron chi connectivity index (χ4n) is 3.72. The number of hydrogen-bond donors (Lipinski definition) is 1. The summed E-state index contributed by atoms with van der Waals surface area (Å²) in [7, 11) is 0. The van der Waals surface area contributed by atoms with Gasteiger partial charge in [-0.1, -0.05) is 12.1 Å². The third-order valence-electron chi connectivity index (χ3n) is 5.16.